The molecule has 0 saturated carbocycles. The van der Waals surface area contributed by atoms with Crippen molar-refractivity contribution in [2.75, 3.05) is 12.4 Å². The molecule has 2 aromatic rings. The molecular weight excluding hydrogens is 387 g/mol. The van der Waals surface area contributed by atoms with Gasteiger partial charge in [-0.15, -0.1) is 5.48 Å². The van der Waals surface area contributed by atoms with Crippen molar-refractivity contribution < 1.29 is 14.4 Å². The molecule has 1 unspecified atom stereocenters. The van der Waals surface area contributed by atoms with Crippen molar-refractivity contribution in [3.63, 3.8) is 0 Å². The summed E-state index contributed by atoms with van der Waals surface area (Å²) in [6.45, 7) is 0. The highest BCUT2D eigenvalue weighted by Gasteiger charge is 2.34. The van der Waals surface area contributed by atoms with Gasteiger partial charge in [0.1, 0.15) is 5.75 Å². The smallest absolute Gasteiger partial charge is 0.329 e. The van der Waals surface area contributed by atoms with Gasteiger partial charge in [-0.1, -0.05) is 65.1 Å². The van der Waals surface area contributed by atoms with E-state index in [-0.39, 0.29) is 6.42 Å². The Morgan fingerprint density at radius 2 is 1.72 bits per heavy atom. The first kappa shape index (κ1) is 19.7. The fourth-order valence-electron chi connectivity index (χ4n) is 1.96. The van der Waals surface area contributed by atoms with E-state index >= 15 is 0 Å². The van der Waals surface area contributed by atoms with Crippen molar-refractivity contribution in [3.8, 4) is 5.75 Å². The average molecular weight is 404 g/mol. The molecule has 2 N–H and O–H groups in total. The Labute approximate surface area is 161 Å². The molecule has 25 heavy (non-hydrogen) atoms. The van der Waals surface area contributed by atoms with Crippen LogP contribution in [0, 0.1) is 0 Å². The maximum atomic E-state index is 11.9. The minimum Gasteiger partial charge on any atom is -0.497 e. The van der Waals surface area contributed by atoms with E-state index in [1.165, 1.54) is 0 Å². The lowest BCUT2D eigenvalue weighted by atomic mass is 10.2. The van der Waals surface area contributed by atoms with Crippen LogP contribution in [-0.2, 0) is 16.1 Å². The zero-order valence-corrected chi connectivity index (χ0v) is 15.6. The van der Waals surface area contributed by atoms with Gasteiger partial charge in [-0.2, -0.15) is 0 Å². The first-order valence-corrected chi connectivity index (χ1v) is 8.48. The number of carbonyl (C=O) groups excluding carboxylic acids is 1. The molecule has 0 aromatic heterocycles. The number of hydrogen-bond acceptors (Lipinski definition) is 5. The number of rotatable bonds is 7. The van der Waals surface area contributed by atoms with Gasteiger partial charge in [0.15, 0.2) is 6.17 Å². The van der Waals surface area contributed by atoms with Crippen molar-refractivity contribution in [2.24, 2.45) is 0 Å². The number of hydroxylamine groups is 1. The van der Waals surface area contributed by atoms with Crippen molar-refractivity contribution in [2.45, 2.75) is 16.4 Å². The highest BCUT2D eigenvalue weighted by molar-refractivity contribution is 6.68. The molecule has 0 aliphatic rings. The number of ether oxygens (including phenoxy) is 1. The zero-order valence-electron chi connectivity index (χ0n) is 13.3. The minimum absolute atomic E-state index is 0.100. The molecule has 0 heterocycles. The fraction of sp³-hybridized carbons (Fsp3) is 0.235. The lowest BCUT2D eigenvalue weighted by molar-refractivity contribution is -0.151. The van der Waals surface area contributed by atoms with Crippen molar-refractivity contribution in [3.05, 3.63) is 60.2 Å². The van der Waals surface area contributed by atoms with Gasteiger partial charge in [-0.05, 0) is 29.8 Å². The number of nitrogens with one attached hydrogen (secondary N) is 2. The monoisotopic (exact) mass is 402 g/mol. The van der Waals surface area contributed by atoms with Crippen molar-refractivity contribution in [1.82, 2.24) is 5.48 Å². The van der Waals surface area contributed by atoms with Crippen LogP contribution in [0.3, 0.4) is 0 Å². The van der Waals surface area contributed by atoms with E-state index in [4.69, 9.17) is 44.4 Å². The molecule has 0 amide bonds. The normalized spacial score (nSPS) is 12.3. The number of methoxy groups -OCH3 is 1. The second kappa shape index (κ2) is 9.15. The van der Waals surface area contributed by atoms with Crippen LogP contribution in [0.5, 0.6) is 5.75 Å². The van der Waals surface area contributed by atoms with Gasteiger partial charge in [0, 0.05) is 5.69 Å². The Kier molecular flexibility index (Phi) is 7.20. The van der Waals surface area contributed by atoms with Crippen molar-refractivity contribution in [1.29, 1.82) is 0 Å². The topological polar surface area (TPSA) is 59.6 Å². The van der Waals surface area contributed by atoms with Gasteiger partial charge >= 0.3 is 5.97 Å². The Morgan fingerprint density at radius 1 is 1.08 bits per heavy atom. The summed E-state index contributed by atoms with van der Waals surface area (Å²) in [6, 6.07) is 16.2. The van der Waals surface area contributed by atoms with E-state index in [2.05, 4.69) is 10.8 Å². The summed E-state index contributed by atoms with van der Waals surface area (Å²) in [5.74, 6) is 0.195. The SMILES string of the molecule is COc1ccc(NC(NOC(=O)Cc2ccccc2)C(Cl)(Cl)Cl)cc1. The van der Waals surface area contributed by atoms with E-state index in [0.29, 0.717) is 11.4 Å². The highest BCUT2D eigenvalue weighted by Crippen LogP contribution is 2.31. The Hall–Kier alpha value is -1.66. The molecule has 0 bridgehead atoms. The van der Waals surface area contributed by atoms with Crippen LogP contribution in [0.25, 0.3) is 0 Å². The molecule has 1 atom stereocenters. The molecule has 2 rings (SSSR count). The Balaban J connectivity index is 1.94. The summed E-state index contributed by atoms with van der Waals surface area (Å²) in [5.41, 5.74) is 3.95. The van der Waals surface area contributed by atoms with Crippen LogP contribution < -0.4 is 15.5 Å². The Bertz CT molecular complexity index is 676. The second-order valence-electron chi connectivity index (χ2n) is 5.10. The van der Waals surface area contributed by atoms with Gasteiger partial charge in [0.2, 0.25) is 3.79 Å². The molecule has 5 nitrogen and oxygen atoms in total. The third-order valence-electron chi connectivity index (χ3n) is 3.21. The highest BCUT2D eigenvalue weighted by atomic mass is 35.6. The summed E-state index contributed by atoms with van der Waals surface area (Å²) in [7, 11) is 1.57. The predicted molar refractivity (Wildman–Crippen MR) is 100 cm³/mol. The average Bonchev–Trinajstić information content (AvgIpc) is 2.59. The summed E-state index contributed by atoms with van der Waals surface area (Å²) >= 11 is 17.8. The quantitative estimate of drug-likeness (QED) is 0.414. The summed E-state index contributed by atoms with van der Waals surface area (Å²) in [6.07, 6.45) is -0.853. The maximum absolute atomic E-state index is 11.9. The first-order chi connectivity index (χ1) is 11.9. The third kappa shape index (κ3) is 6.63. The van der Waals surface area contributed by atoms with Gasteiger partial charge in [0.25, 0.3) is 0 Å². The molecule has 0 spiro atoms. The lowest BCUT2D eigenvalue weighted by Crippen LogP contribution is -2.47. The number of benzene rings is 2. The number of halogens is 3. The van der Waals surface area contributed by atoms with E-state index in [1.807, 2.05) is 30.3 Å². The minimum atomic E-state index is -1.76. The van der Waals surface area contributed by atoms with Crippen LogP contribution in [0.1, 0.15) is 5.56 Å². The predicted octanol–water partition coefficient (Wildman–Crippen LogP) is 4.09. The molecule has 134 valence electrons. The molecular formula is C17H17Cl3N2O3. The first-order valence-electron chi connectivity index (χ1n) is 7.35. The van der Waals surface area contributed by atoms with Crippen LogP contribution in [-0.4, -0.2) is 23.0 Å². The summed E-state index contributed by atoms with van der Waals surface area (Å²) in [4.78, 5) is 16.9. The molecule has 2 aromatic carbocycles. The number of anilines is 1. The molecule has 0 aliphatic carbocycles. The Morgan fingerprint density at radius 3 is 2.28 bits per heavy atom. The largest absolute Gasteiger partial charge is 0.497 e. The summed E-state index contributed by atoms with van der Waals surface area (Å²) < 4.78 is 3.33. The number of hydrogen-bond donors (Lipinski definition) is 2. The van der Waals surface area contributed by atoms with Gasteiger partial charge in [0.05, 0.1) is 13.5 Å². The number of carbonyl (C=O) groups is 1. The van der Waals surface area contributed by atoms with E-state index in [0.717, 1.165) is 5.56 Å². The van der Waals surface area contributed by atoms with Gasteiger partial charge in [-0.25, -0.2) is 0 Å². The van der Waals surface area contributed by atoms with Gasteiger partial charge in [-0.3, -0.25) is 4.79 Å². The third-order valence-corrected chi connectivity index (χ3v) is 3.86. The molecule has 0 radical (unpaired) electrons. The molecule has 0 fully saturated rings. The van der Waals surface area contributed by atoms with E-state index < -0.39 is 15.9 Å². The van der Waals surface area contributed by atoms with Crippen LogP contribution in [0.4, 0.5) is 5.69 Å². The van der Waals surface area contributed by atoms with E-state index in [1.54, 1.807) is 31.4 Å². The number of alkyl halides is 3. The summed E-state index contributed by atoms with van der Waals surface area (Å²) in [5, 5.41) is 2.95. The van der Waals surface area contributed by atoms with Crippen molar-refractivity contribution >= 4 is 46.5 Å². The fourth-order valence-corrected chi connectivity index (χ4v) is 2.25. The second-order valence-corrected chi connectivity index (χ2v) is 7.47. The lowest BCUT2D eigenvalue weighted by Gasteiger charge is -2.26. The van der Waals surface area contributed by atoms with E-state index in [9.17, 15) is 4.79 Å². The van der Waals surface area contributed by atoms with Crippen LogP contribution in [0.15, 0.2) is 54.6 Å². The molecule has 0 aliphatic heterocycles. The zero-order chi connectivity index (χ0) is 18.3. The van der Waals surface area contributed by atoms with Crippen LogP contribution >= 0.6 is 34.8 Å². The molecule has 0 saturated heterocycles. The van der Waals surface area contributed by atoms with Gasteiger partial charge < -0.3 is 14.9 Å². The van der Waals surface area contributed by atoms with Crippen LogP contribution in [0.2, 0.25) is 0 Å². The maximum Gasteiger partial charge on any atom is 0.329 e. The molecule has 8 heteroatoms. The standard InChI is InChI=1S/C17H17Cl3N2O3/c1-24-14-9-7-13(8-10-14)21-16(17(18,19)20)22-25-15(23)11-12-5-3-2-4-6-12/h2-10,16,21-22H,11H2,1H3.